The van der Waals surface area contributed by atoms with Gasteiger partial charge >= 0.3 is 6.09 Å². The van der Waals surface area contributed by atoms with Crippen LogP contribution in [0.1, 0.15) is 66.2 Å². The predicted octanol–water partition coefficient (Wildman–Crippen LogP) is 2.96. The number of piperidine rings is 1. The average molecular weight is 537 g/mol. The molecule has 2 heterocycles. The van der Waals surface area contributed by atoms with Gasteiger partial charge in [0.2, 0.25) is 5.91 Å². The quantitative estimate of drug-likeness (QED) is 0.226. The number of rotatable bonds is 7. The van der Waals surface area contributed by atoms with E-state index in [1.165, 1.54) is 0 Å². The number of nitrogens with zero attached hydrogens (tertiary/aromatic N) is 3. The molecule has 8 nitrogen and oxygen atoms in total. The highest BCUT2D eigenvalue weighted by molar-refractivity contribution is 14.0. The molecule has 0 aliphatic carbocycles. The Morgan fingerprint density at radius 2 is 1.97 bits per heavy atom. The third-order valence-corrected chi connectivity index (χ3v) is 5.13. The lowest BCUT2D eigenvalue weighted by molar-refractivity contribution is -0.127. The van der Waals surface area contributed by atoms with Crippen LogP contribution in [0.5, 0.6) is 0 Å². The van der Waals surface area contributed by atoms with Crippen molar-refractivity contribution in [2.24, 2.45) is 4.99 Å². The molecule has 0 aromatic carbocycles. The maximum atomic E-state index is 12.5. The zero-order valence-electron chi connectivity index (χ0n) is 19.0. The predicted molar refractivity (Wildman–Crippen MR) is 130 cm³/mol. The molecule has 2 N–H and O–H groups in total. The number of amides is 2. The lowest BCUT2D eigenvalue weighted by atomic mass is 10.0. The number of guanidine groups is 1. The molecule has 174 valence electrons. The van der Waals surface area contributed by atoms with Crippen molar-refractivity contribution in [3.8, 4) is 0 Å². The molecule has 2 aliphatic rings. The third-order valence-electron chi connectivity index (χ3n) is 5.13. The van der Waals surface area contributed by atoms with Crippen LogP contribution in [0.3, 0.4) is 0 Å². The Kier molecular flexibility index (Phi) is 11.8. The van der Waals surface area contributed by atoms with Crippen molar-refractivity contribution in [1.29, 1.82) is 0 Å². The molecule has 0 bridgehead atoms. The van der Waals surface area contributed by atoms with Crippen molar-refractivity contribution in [2.45, 2.75) is 77.9 Å². The molecule has 0 spiro atoms. The molecule has 0 saturated carbocycles. The van der Waals surface area contributed by atoms with E-state index in [9.17, 15) is 9.59 Å². The van der Waals surface area contributed by atoms with Gasteiger partial charge in [-0.15, -0.1) is 24.0 Å². The Balaban J connectivity index is 0.00000450. The smallest absolute Gasteiger partial charge is 0.410 e. The van der Waals surface area contributed by atoms with Gasteiger partial charge < -0.3 is 25.2 Å². The van der Waals surface area contributed by atoms with E-state index in [-0.39, 0.29) is 42.0 Å². The maximum absolute atomic E-state index is 12.5. The average Bonchev–Trinajstić information content (AvgIpc) is 3.07. The Morgan fingerprint density at radius 3 is 2.60 bits per heavy atom. The van der Waals surface area contributed by atoms with Gasteiger partial charge in [-0.05, 0) is 59.8 Å². The van der Waals surface area contributed by atoms with E-state index in [0.29, 0.717) is 13.0 Å². The van der Waals surface area contributed by atoms with E-state index in [4.69, 9.17) is 9.73 Å². The normalized spacial score (nSPS) is 20.1. The molecule has 0 radical (unpaired) electrons. The summed E-state index contributed by atoms with van der Waals surface area (Å²) < 4.78 is 5.57. The zero-order valence-corrected chi connectivity index (χ0v) is 21.4. The van der Waals surface area contributed by atoms with Crippen LogP contribution >= 0.6 is 24.0 Å². The molecule has 0 aromatic heterocycles. The number of hydrogen-bond donors (Lipinski definition) is 2. The van der Waals surface area contributed by atoms with Crippen LogP contribution in [0, 0.1) is 0 Å². The highest BCUT2D eigenvalue weighted by Crippen LogP contribution is 2.20. The Hall–Kier alpha value is -1.26. The lowest BCUT2D eigenvalue weighted by Gasteiger charge is -2.36. The minimum absolute atomic E-state index is 0. The van der Waals surface area contributed by atoms with Crippen LogP contribution in [0.2, 0.25) is 0 Å². The van der Waals surface area contributed by atoms with Crippen LogP contribution < -0.4 is 10.6 Å². The summed E-state index contributed by atoms with van der Waals surface area (Å²) in [5.74, 6) is 1.03. The molecule has 2 saturated heterocycles. The highest BCUT2D eigenvalue weighted by atomic mass is 127. The standard InChI is InChI=1S/C21H39N5O3.HI/c1-5-22-19(23-12-9-14-25-13-8-11-18(25)27)24-16-17-10-6-7-15-26(17)20(28)29-21(2,3)4;/h17H,5-16H2,1-4H3,(H2,22,23,24);1H. The number of carbonyl (C=O) groups excluding carboxylic acids is 2. The first-order valence-corrected chi connectivity index (χ1v) is 11.1. The summed E-state index contributed by atoms with van der Waals surface area (Å²) >= 11 is 0. The highest BCUT2D eigenvalue weighted by Gasteiger charge is 2.30. The van der Waals surface area contributed by atoms with Crippen LogP contribution in [-0.2, 0) is 9.53 Å². The first kappa shape index (κ1) is 26.8. The number of ether oxygens (including phenoxy) is 1. The Bertz CT molecular complexity index is 579. The summed E-state index contributed by atoms with van der Waals surface area (Å²) in [7, 11) is 0. The number of carbonyl (C=O) groups is 2. The molecule has 0 aromatic rings. The number of nitrogens with one attached hydrogen (secondary N) is 2. The van der Waals surface area contributed by atoms with E-state index in [1.54, 1.807) is 0 Å². The van der Waals surface area contributed by atoms with Crippen molar-refractivity contribution in [2.75, 3.05) is 39.3 Å². The molecule has 9 heteroatoms. The van der Waals surface area contributed by atoms with E-state index >= 15 is 0 Å². The second-order valence-corrected chi connectivity index (χ2v) is 8.81. The molecule has 2 rings (SSSR count). The van der Waals surface area contributed by atoms with E-state index in [1.807, 2.05) is 37.5 Å². The summed E-state index contributed by atoms with van der Waals surface area (Å²) in [6.07, 6.45) is 5.37. The van der Waals surface area contributed by atoms with Gasteiger partial charge in [-0.1, -0.05) is 0 Å². The summed E-state index contributed by atoms with van der Waals surface area (Å²) in [5.41, 5.74) is -0.491. The van der Waals surface area contributed by atoms with Gasteiger partial charge in [-0.25, -0.2) is 4.79 Å². The van der Waals surface area contributed by atoms with Crippen molar-refractivity contribution in [3.05, 3.63) is 0 Å². The van der Waals surface area contributed by atoms with E-state index in [0.717, 1.165) is 70.8 Å². The number of hydrogen-bond acceptors (Lipinski definition) is 4. The zero-order chi connectivity index (χ0) is 21.3. The minimum Gasteiger partial charge on any atom is -0.444 e. The van der Waals surface area contributed by atoms with Crippen molar-refractivity contribution in [1.82, 2.24) is 20.4 Å². The molecular weight excluding hydrogens is 497 g/mol. The van der Waals surface area contributed by atoms with Gasteiger partial charge in [0.25, 0.3) is 0 Å². The molecule has 30 heavy (non-hydrogen) atoms. The van der Waals surface area contributed by atoms with Crippen molar-refractivity contribution in [3.63, 3.8) is 0 Å². The van der Waals surface area contributed by atoms with Crippen LogP contribution in [0.15, 0.2) is 4.99 Å². The van der Waals surface area contributed by atoms with Gasteiger partial charge in [0, 0.05) is 39.1 Å². The lowest BCUT2D eigenvalue weighted by Crippen LogP contribution is -2.48. The first-order valence-electron chi connectivity index (χ1n) is 11.1. The van der Waals surface area contributed by atoms with Crippen LogP contribution in [0.25, 0.3) is 0 Å². The number of aliphatic imine (C=N–C) groups is 1. The summed E-state index contributed by atoms with van der Waals surface area (Å²) in [4.78, 5) is 32.7. The fraction of sp³-hybridized carbons (Fsp3) is 0.857. The van der Waals surface area contributed by atoms with Gasteiger partial charge in [0.05, 0.1) is 12.6 Å². The number of likely N-dealkylation sites (tertiary alicyclic amines) is 2. The molecule has 2 aliphatic heterocycles. The molecule has 2 amide bonds. The second-order valence-electron chi connectivity index (χ2n) is 8.81. The minimum atomic E-state index is -0.491. The van der Waals surface area contributed by atoms with Gasteiger partial charge in [0.15, 0.2) is 5.96 Å². The molecule has 1 unspecified atom stereocenters. The molecular formula is C21H40IN5O3. The summed E-state index contributed by atoms with van der Waals surface area (Å²) in [6.45, 7) is 12.2. The van der Waals surface area contributed by atoms with Crippen molar-refractivity contribution >= 4 is 41.9 Å². The molecule has 1 atom stereocenters. The van der Waals surface area contributed by atoms with Crippen molar-refractivity contribution < 1.29 is 14.3 Å². The first-order chi connectivity index (χ1) is 13.8. The van der Waals surface area contributed by atoms with E-state index < -0.39 is 5.60 Å². The fourth-order valence-corrected chi connectivity index (χ4v) is 3.71. The summed E-state index contributed by atoms with van der Waals surface area (Å²) in [5, 5.41) is 6.61. The van der Waals surface area contributed by atoms with E-state index in [2.05, 4.69) is 10.6 Å². The topological polar surface area (TPSA) is 86.3 Å². The Morgan fingerprint density at radius 1 is 1.20 bits per heavy atom. The maximum Gasteiger partial charge on any atom is 0.410 e. The SMILES string of the molecule is CCNC(=NCC1CCCCN1C(=O)OC(C)(C)C)NCCCN1CCCC1=O.I. The largest absolute Gasteiger partial charge is 0.444 e. The van der Waals surface area contributed by atoms with Gasteiger partial charge in [0.1, 0.15) is 5.60 Å². The van der Waals surface area contributed by atoms with Crippen LogP contribution in [-0.4, -0.2) is 78.7 Å². The Labute approximate surface area is 198 Å². The third kappa shape index (κ3) is 9.26. The monoisotopic (exact) mass is 537 g/mol. The van der Waals surface area contributed by atoms with Gasteiger partial charge in [-0.2, -0.15) is 0 Å². The number of halogens is 1. The van der Waals surface area contributed by atoms with Crippen LogP contribution in [0.4, 0.5) is 4.79 Å². The van der Waals surface area contributed by atoms with Gasteiger partial charge in [-0.3, -0.25) is 9.79 Å². The molecule has 2 fully saturated rings. The summed E-state index contributed by atoms with van der Waals surface area (Å²) in [6, 6.07) is 0.0660. The second kappa shape index (κ2) is 13.2. The fourth-order valence-electron chi connectivity index (χ4n) is 3.71.